The molecule has 5 N–H and O–H groups in total. The van der Waals surface area contributed by atoms with Gasteiger partial charge < -0.3 is 25.5 Å². The van der Waals surface area contributed by atoms with E-state index in [9.17, 15) is 9.32 Å². The summed E-state index contributed by atoms with van der Waals surface area (Å²) in [5, 5.41) is 46.3. The predicted molar refractivity (Wildman–Crippen MR) is 39.4 cm³/mol. The van der Waals surface area contributed by atoms with Crippen LogP contribution in [0.1, 0.15) is 0 Å². The highest BCUT2D eigenvalue weighted by atomic mass is 19.3. The number of hydrogen-bond donors (Lipinski definition) is 5. The van der Waals surface area contributed by atoms with Crippen molar-refractivity contribution in [2.45, 2.75) is 24.6 Å². The lowest BCUT2D eigenvalue weighted by Crippen LogP contribution is -2.47. The summed E-state index contributed by atoms with van der Waals surface area (Å²) in [6, 6.07) is 0. The molecular weight excluding hydrogens is 219 g/mol. The molecule has 1 unspecified atom stereocenters. The Labute approximate surface area is 82.9 Å². The first-order valence-electron chi connectivity index (χ1n) is 3.76. The molecule has 0 saturated heterocycles. The van der Waals surface area contributed by atoms with E-state index in [0.717, 1.165) is 0 Å². The Kier molecular flexibility index (Phi) is 6.43. The molecule has 0 aliphatic rings. The second-order valence-electron chi connectivity index (χ2n) is 2.60. The van der Waals surface area contributed by atoms with Gasteiger partial charge in [-0.3, -0.25) is 4.79 Å². The fraction of sp³-hybridized carbons (Fsp3) is 0.833. The van der Waals surface area contributed by atoms with Crippen LogP contribution in [-0.4, -0.2) is 62.5 Å². The Morgan fingerprint density at radius 1 is 1.27 bits per heavy atom. The van der Waals surface area contributed by atoms with Crippen molar-refractivity contribution in [1.29, 1.82) is 0 Å². The van der Waals surface area contributed by atoms with Gasteiger partial charge in [-0.2, -0.15) is 4.89 Å². The zero-order chi connectivity index (χ0) is 12.0. The first-order chi connectivity index (χ1) is 6.95. The van der Waals surface area contributed by atoms with Crippen LogP contribution in [-0.2, 0) is 14.8 Å². The second kappa shape index (κ2) is 6.74. The molecule has 4 atom stereocenters. The van der Waals surface area contributed by atoms with E-state index in [1.807, 2.05) is 0 Å². The minimum Gasteiger partial charge on any atom is -0.394 e. The van der Waals surface area contributed by atoms with Gasteiger partial charge in [-0.15, -0.1) is 0 Å². The average molecular weight is 230 g/mol. The predicted octanol–water partition coefficient (Wildman–Crippen LogP) is -3.22. The summed E-state index contributed by atoms with van der Waals surface area (Å²) in [5.74, 6) is -1.53. The van der Waals surface area contributed by atoms with Crippen LogP contribution >= 0.6 is 0 Å². The monoisotopic (exact) mass is 230 g/mol. The second-order valence-corrected chi connectivity index (χ2v) is 2.60. The summed E-state index contributed by atoms with van der Waals surface area (Å²) in [6.45, 7) is -0.915. The van der Waals surface area contributed by atoms with Gasteiger partial charge in [-0.25, -0.2) is 0 Å². The average Bonchev–Trinajstić information content (AvgIpc) is 2.25. The first kappa shape index (κ1) is 14.3. The van der Waals surface area contributed by atoms with Crippen molar-refractivity contribution in [3.05, 3.63) is 0 Å². The van der Waals surface area contributed by atoms with E-state index in [2.05, 4.69) is 9.98 Å². The normalized spacial score (nSPS) is 19.3. The molecule has 0 saturated carbocycles. The molecular formula is C6H11FO8. The molecule has 0 heterocycles. The smallest absolute Gasteiger partial charge is 0.254 e. The minimum absolute atomic E-state index is 0.915. The lowest BCUT2D eigenvalue weighted by Gasteiger charge is -2.21. The Balaban J connectivity index is 4.30. The van der Waals surface area contributed by atoms with Gasteiger partial charge in [-0.05, 0) is 9.62 Å². The van der Waals surface area contributed by atoms with Crippen LogP contribution in [0.5, 0.6) is 0 Å². The summed E-state index contributed by atoms with van der Waals surface area (Å²) < 4.78 is 11.0. The number of carbonyl (C=O) groups excluding carboxylic acids is 1. The molecule has 0 fully saturated rings. The van der Waals surface area contributed by atoms with Crippen LogP contribution in [0.2, 0.25) is 0 Å². The molecule has 15 heavy (non-hydrogen) atoms. The Morgan fingerprint density at radius 3 is 2.20 bits per heavy atom. The van der Waals surface area contributed by atoms with Gasteiger partial charge in [-0.1, -0.05) is 0 Å². The Morgan fingerprint density at radius 2 is 1.80 bits per heavy atom. The lowest BCUT2D eigenvalue weighted by molar-refractivity contribution is -0.466. The molecule has 0 aliphatic carbocycles. The van der Waals surface area contributed by atoms with Gasteiger partial charge in [0, 0.05) is 0 Å². The van der Waals surface area contributed by atoms with Gasteiger partial charge in [0.05, 0.1) is 6.61 Å². The Bertz CT molecular complexity index is 200. The van der Waals surface area contributed by atoms with Gasteiger partial charge in [0.15, 0.2) is 0 Å². The largest absolute Gasteiger partial charge is 0.394 e. The van der Waals surface area contributed by atoms with Gasteiger partial charge >= 0.3 is 0 Å². The third kappa shape index (κ3) is 4.13. The SMILES string of the molecule is O=C(C(O)OOF)[C@@H](O)[C@H](O)[C@H](O)CO. The van der Waals surface area contributed by atoms with Gasteiger partial charge in [0.1, 0.15) is 18.3 Å². The van der Waals surface area contributed by atoms with E-state index in [4.69, 9.17) is 25.5 Å². The third-order valence-electron chi connectivity index (χ3n) is 1.57. The molecule has 0 radical (unpaired) electrons. The van der Waals surface area contributed by atoms with E-state index in [-0.39, 0.29) is 0 Å². The topological polar surface area (TPSA) is 137 Å². The van der Waals surface area contributed by atoms with Crippen molar-refractivity contribution in [3.63, 3.8) is 0 Å². The molecule has 0 bridgehead atoms. The number of hydrogen-bond acceptors (Lipinski definition) is 8. The number of Topliss-reactive ketones (excluding diaryl/α,β-unsaturated/α-hetero) is 1. The van der Waals surface area contributed by atoms with Crippen LogP contribution in [0.15, 0.2) is 0 Å². The van der Waals surface area contributed by atoms with E-state index >= 15 is 0 Å². The standard InChI is InChI=1S/C6H11FO8/c7-15-14-6(13)5(12)4(11)3(10)2(9)1-8/h2-4,6,8-11,13H,1H2/t2-,3-,4+,6?/m1/s1. The molecule has 0 aliphatic heterocycles. The number of aliphatic hydroxyl groups excluding tert-OH is 5. The minimum atomic E-state index is -2.45. The number of ketones is 1. The molecule has 0 amide bonds. The number of rotatable bonds is 7. The number of aliphatic hydroxyl groups is 5. The summed E-state index contributed by atoms with van der Waals surface area (Å²) in [7, 11) is 0. The summed E-state index contributed by atoms with van der Waals surface area (Å²) in [6.07, 6.45) is -8.54. The highest BCUT2D eigenvalue weighted by Crippen LogP contribution is 2.05. The van der Waals surface area contributed by atoms with E-state index in [1.54, 1.807) is 0 Å². The van der Waals surface area contributed by atoms with Crippen molar-refractivity contribution in [3.8, 4) is 0 Å². The molecule has 0 rings (SSSR count). The first-order valence-corrected chi connectivity index (χ1v) is 3.76. The van der Waals surface area contributed by atoms with Crippen LogP contribution < -0.4 is 0 Å². The van der Waals surface area contributed by atoms with Crippen molar-refractivity contribution >= 4 is 5.78 Å². The van der Waals surface area contributed by atoms with E-state index < -0.39 is 37.0 Å². The molecule has 8 nitrogen and oxygen atoms in total. The molecule has 0 aromatic heterocycles. The fourth-order valence-electron chi connectivity index (χ4n) is 0.715. The molecule has 0 spiro atoms. The quantitative estimate of drug-likeness (QED) is 0.175. The number of halogens is 1. The molecule has 0 aromatic rings. The van der Waals surface area contributed by atoms with Crippen LogP contribution in [0.3, 0.4) is 0 Å². The van der Waals surface area contributed by atoms with Crippen LogP contribution in [0, 0.1) is 0 Å². The van der Waals surface area contributed by atoms with E-state index in [0.29, 0.717) is 0 Å². The maximum atomic E-state index is 11.0. The molecule has 90 valence electrons. The van der Waals surface area contributed by atoms with Crippen molar-refractivity contribution in [1.82, 2.24) is 0 Å². The zero-order valence-corrected chi connectivity index (χ0v) is 7.36. The summed E-state index contributed by atoms with van der Waals surface area (Å²) >= 11 is 0. The van der Waals surface area contributed by atoms with Gasteiger partial charge in [0.25, 0.3) is 6.29 Å². The third-order valence-corrected chi connectivity index (χ3v) is 1.57. The number of carbonyl (C=O) groups is 1. The van der Waals surface area contributed by atoms with E-state index in [1.165, 1.54) is 0 Å². The summed E-state index contributed by atoms with van der Waals surface area (Å²) in [4.78, 5) is 14.2. The van der Waals surface area contributed by atoms with Crippen LogP contribution in [0.4, 0.5) is 4.53 Å². The maximum absolute atomic E-state index is 11.0. The van der Waals surface area contributed by atoms with Crippen molar-refractivity contribution in [2.75, 3.05) is 6.61 Å². The zero-order valence-electron chi connectivity index (χ0n) is 7.36. The summed E-state index contributed by atoms with van der Waals surface area (Å²) in [5.41, 5.74) is 0. The van der Waals surface area contributed by atoms with Crippen molar-refractivity contribution in [2.24, 2.45) is 0 Å². The molecule has 0 aromatic carbocycles. The maximum Gasteiger partial charge on any atom is 0.254 e. The lowest BCUT2D eigenvalue weighted by atomic mass is 10.0. The van der Waals surface area contributed by atoms with Crippen molar-refractivity contribution < 1.29 is 44.8 Å². The highest BCUT2D eigenvalue weighted by molar-refractivity contribution is 5.86. The van der Waals surface area contributed by atoms with Crippen LogP contribution in [0.25, 0.3) is 0 Å². The highest BCUT2D eigenvalue weighted by Gasteiger charge is 2.34. The molecule has 9 heteroatoms. The fourth-order valence-corrected chi connectivity index (χ4v) is 0.715. The van der Waals surface area contributed by atoms with Gasteiger partial charge in [0.2, 0.25) is 5.78 Å². The Hall–Kier alpha value is -0.680.